The molecule has 8 heteroatoms. The number of ketones is 1. The highest BCUT2D eigenvalue weighted by Crippen LogP contribution is 2.26. The first kappa shape index (κ1) is 19.3. The first-order valence-corrected chi connectivity index (χ1v) is 10.3. The molecule has 6 nitrogen and oxygen atoms in total. The van der Waals surface area contributed by atoms with E-state index in [2.05, 4.69) is 20.5 Å². The first-order valence-electron chi connectivity index (χ1n) is 8.63. The summed E-state index contributed by atoms with van der Waals surface area (Å²) in [5, 5.41) is 13.0. The summed E-state index contributed by atoms with van der Waals surface area (Å²) in [5.41, 5.74) is 1.41. The van der Waals surface area contributed by atoms with Crippen molar-refractivity contribution in [3.8, 4) is 0 Å². The van der Waals surface area contributed by atoms with Gasteiger partial charge in [0.25, 0.3) is 5.91 Å². The van der Waals surface area contributed by atoms with Crippen LogP contribution in [0.5, 0.6) is 0 Å². The van der Waals surface area contributed by atoms with Gasteiger partial charge in [-0.25, -0.2) is 4.98 Å². The number of amides is 1. The summed E-state index contributed by atoms with van der Waals surface area (Å²) >= 11 is 2.69. The van der Waals surface area contributed by atoms with Gasteiger partial charge in [0.1, 0.15) is 9.88 Å². The highest BCUT2D eigenvalue weighted by molar-refractivity contribution is 7.16. The monoisotopic (exact) mass is 400 g/mol. The normalized spacial score (nSPS) is 11.0. The number of aromatic nitrogens is 3. The van der Waals surface area contributed by atoms with Gasteiger partial charge in [0.15, 0.2) is 5.78 Å². The van der Waals surface area contributed by atoms with E-state index in [1.807, 2.05) is 39.0 Å². The Balaban J connectivity index is 1.59. The third kappa shape index (κ3) is 4.84. The minimum atomic E-state index is -0.222. The molecule has 1 amide bonds. The lowest BCUT2D eigenvalue weighted by molar-refractivity contribution is 0.0981. The molecule has 0 saturated carbocycles. The molecule has 0 atom stereocenters. The number of nitrogens with zero attached hydrogens (tertiary/aromatic N) is 3. The number of thiazole rings is 1. The molecule has 0 radical (unpaired) electrons. The van der Waals surface area contributed by atoms with E-state index in [1.54, 1.807) is 12.1 Å². The van der Waals surface area contributed by atoms with Gasteiger partial charge >= 0.3 is 0 Å². The number of anilines is 1. The standard InChI is InChI=1S/C19H20N4O2S2/c1-11(2)18-20-12(3)16(27-18)17(25)21-19-23-22-15(26-19)10-9-14(24)13-7-5-4-6-8-13/h4-8,11H,9-10H2,1-3H3,(H,21,23,25). The van der Waals surface area contributed by atoms with Gasteiger partial charge in [0, 0.05) is 24.3 Å². The quantitative estimate of drug-likeness (QED) is 0.591. The third-order valence-corrected chi connectivity index (χ3v) is 6.22. The van der Waals surface area contributed by atoms with E-state index in [1.165, 1.54) is 22.7 Å². The van der Waals surface area contributed by atoms with Crippen LogP contribution in [-0.2, 0) is 6.42 Å². The molecule has 0 spiro atoms. The van der Waals surface area contributed by atoms with E-state index in [9.17, 15) is 9.59 Å². The molecule has 0 aliphatic carbocycles. The van der Waals surface area contributed by atoms with Crippen molar-refractivity contribution >= 4 is 39.5 Å². The molecule has 0 aliphatic heterocycles. The maximum Gasteiger partial charge on any atom is 0.269 e. The summed E-state index contributed by atoms with van der Waals surface area (Å²) < 4.78 is 0. The third-order valence-electron chi connectivity index (χ3n) is 3.86. The zero-order valence-corrected chi connectivity index (χ0v) is 17.0. The maximum absolute atomic E-state index is 12.5. The predicted octanol–water partition coefficient (Wildman–Crippen LogP) is 4.49. The smallest absolute Gasteiger partial charge is 0.269 e. The first-order chi connectivity index (χ1) is 12.9. The summed E-state index contributed by atoms with van der Waals surface area (Å²) in [6.45, 7) is 5.93. The Morgan fingerprint density at radius 1 is 1.11 bits per heavy atom. The summed E-state index contributed by atoms with van der Waals surface area (Å²) in [4.78, 5) is 29.7. The number of hydrogen-bond donors (Lipinski definition) is 1. The molecule has 0 saturated heterocycles. The van der Waals surface area contributed by atoms with Gasteiger partial charge in [-0.1, -0.05) is 55.5 Å². The van der Waals surface area contributed by atoms with Crippen LogP contribution in [0.25, 0.3) is 0 Å². The average molecular weight is 401 g/mol. The van der Waals surface area contributed by atoms with E-state index < -0.39 is 0 Å². The van der Waals surface area contributed by atoms with Crippen LogP contribution >= 0.6 is 22.7 Å². The molecule has 3 aromatic rings. The SMILES string of the molecule is Cc1nc(C(C)C)sc1C(=O)Nc1nnc(CCC(=O)c2ccccc2)s1. The fourth-order valence-electron chi connectivity index (χ4n) is 2.42. The zero-order valence-electron chi connectivity index (χ0n) is 15.4. The number of hydrogen-bond acceptors (Lipinski definition) is 7. The average Bonchev–Trinajstić information content (AvgIpc) is 3.27. The van der Waals surface area contributed by atoms with E-state index in [4.69, 9.17) is 0 Å². The predicted molar refractivity (Wildman–Crippen MR) is 108 cm³/mol. The largest absolute Gasteiger partial charge is 0.296 e. The summed E-state index contributed by atoms with van der Waals surface area (Å²) in [5.74, 6) is 0.128. The van der Waals surface area contributed by atoms with Crippen LogP contribution in [-0.4, -0.2) is 26.9 Å². The van der Waals surface area contributed by atoms with Crippen molar-refractivity contribution in [1.29, 1.82) is 0 Å². The molecule has 2 heterocycles. The van der Waals surface area contributed by atoms with E-state index in [-0.39, 0.29) is 17.6 Å². The van der Waals surface area contributed by atoms with E-state index in [0.29, 0.717) is 28.4 Å². The number of rotatable bonds is 7. The minimum Gasteiger partial charge on any atom is -0.296 e. The van der Waals surface area contributed by atoms with Crippen LogP contribution < -0.4 is 5.32 Å². The Morgan fingerprint density at radius 2 is 1.85 bits per heavy atom. The molecule has 27 heavy (non-hydrogen) atoms. The van der Waals surface area contributed by atoms with Crippen molar-refractivity contribution in [1.82, 2.24) is 15.2 Å². The molecule has 0 unspecified atom stereocenters. The molecule has 3 rings (SSSR count). The van der Waals surface area contributed by atoms with Gasteiger partial charge in [-0.3, -0.25) is 14.9 Å². The van der Waals surface area contributed by atoms with Crippen LogP contribution in [0, 0.1) is 6.92 Å². The summed E-state index contributed by atoms with van der Waals surface area (Å²) in [6.07, 6.45) is 0.858. The van der Waals surface area contributed by atoms with Crippen LogP contribution in [0.15, 0.2) is 30.3 Å². The van der Waals surface area contributed by atoms with Crippen molar-refractivity contribution in [2.24, 2.45) is 0 Å². The Kier molecular flexibility index (Phi) is 6.08. The van der Waals surface area contributed by atoms with Crippen molar-refractivity contribution in [3.63, 3.8) is 0 Å². The van der Waals surface area contributed by atoms with Crippen LogP contribution in [0.4, 0.5) is 5.13 Å². The lowest BCUT2D eigenvalue weighted by atomic mass is 10.1. The highest BCUT2D eigenvalue weighted by Gasteiger charge is 2.18. The van der Waals surface area contributed by atoms with Crippen LogP contribution in [0.1, 0.15) is 61.9 Å². The molecular formula is C19H20N4O2S2. The maximum atomic E-state index is 12.5. The Hall–Kier alpha value is -2.45. The van der Waals surface area contributed by atoms with Crippen molar-refractivity contribution < 1.29 is 9.59 Å². The van der Waals surface area contributed by atoms with Gasteiger partial charge in [-0.05, 0) is 6.92 Å². The zero-order chi connectivity index (χ0) is 19.4. The van der Waals surface area contributed by atoms with Crippen molar-refractivity contribution in [2.45, 2.75) is 39.5 Å². The molecular weight excluding hydrogens is 380 g/mol. The fraction of sp³-hybridized carbons (Fsp3) is 0.316. The Morgan fingerprint density at radius 3 is 2.52 bits per heavy atom. The van der Waals surface area contributed by atoms with Gasteiger partial charge in [-0.2, -0.15) is 0 Å². The second-order valence-corrected chi connectivity index (χ2v) is 8.46. The fourth-order valence-corrected chi connectivity index (χ4v) is 4.12. The van der Waals surface area contributed by atoms with E-state index >= 15 is 0 Å². The van der Waals surface area contributed by atoms with Crippen LogP contribution in [0.2, 0.25) is 0 Å². The van der Waals surface area contributed by atoms with Crippen LogP contribution in [0.3, 0.4) is 0 Å². The lowest BCUT2D eigenvalue weighted by Crippen LogP contribution is -2.11. The van der Waals surface area contributed by atoms with Gasteiger partial charge < -0.3 is 0 Å². The number of benzene rings is 1. The van der Waals surface area contributed by atoms with Gasteiger partial charge in [0.05, 0.1) is 10.7 Å². The minimum absolute atomic E-state index is 0.0675. The Bertz CT molecular complexity index is 948. The second kappa shape index (κ2) is 8.49. The van der Waals surface area contributed by atoms with Crippen molar-refractivity contribution in [3.05, 3.63) is 56.5 Å². The highest BCUT2D eigenvalue weighted by atomic mass is 32.1. The number of nitrogens with one attached hydrogen (secondary N) is 1. The van der Waals surface area contributed by atoms with E-state index in [0.717, 1.165) is 15.7 Å². The molecule has 2 aromatic heterocycles. The second-order valence-electron chi connectivity index (χ2n) is 6.37. The van der Waals surface area contributed by atoms with Gasteiger partial charge in [0.2, 0.25) is 5.13 Å². The molecule has 140 valence electrons. The molecule has 1 N–H and O–H groups in total. The number of Topliss-reactive ketones (excluding diaryl/α,β-unsaturated/α-hetero) is 1. The lowest BCUT2D eigenvalue weighted by Gasteiger charge is -1.99. The van der Waals surface area contributed by atoms with Crippen molar-refractivity contribution in [2.75, 3.05) is 5.32 Å². The Labute approximate surface area is 165 Å². The number of carbonyl (C=O) groups is 2. The van der Waals surface area contributed by atoms with Gasteiger partial charge in [-0.15, -0.1) is 21.5 Å². The molecule has 0 fully saturated rings. The molecule has 1 aromatic carbocycles. The molecule has 0 bridgehead atoms. The summed E-state index contributed by atoms with van der Waals surface area (Å²) in [6, 6.07) is 9.18. The number of carbonyl (C=O) groups excluding carboxylic acids is 2. The number of aryl methyl sites for hydroxylation is 2. The topological polar surface area (TPSA) is 84.8 Å². The summed E-state index contributed by atoms with van der Waals surface area (Å²) in [7, 11) is 0. The molecule has 0 aliphatic rings.